The Balaban J connectivity index is 1.88. The highest BCUT2D eigenvalue weighted by Crippen LogP contribution is 2.25. The Morgan fingerprint density at radius 3 is 2.74 bits per heavy atom. The van der Waals surface area contributed by atoms with Crippen LogP contribution in [0.4, 0.5) is 5.69 Å². The molecule has 2 rings (SSSR count). The molecule has 1 N–H and O–H groups in total. The fraction of sp³-hybridized carbons (Fsp3) is 0.500. The Kier molecular flexibility index (Phi) is 4.94. The van der Waals surface area contributed by atoms with Crippen LogP contribution < -0.4 is 5.32 Å². The molecule has 19 heavy (non-hydrogen) atoms. The molecule has 0 unspecified atom stereocenters. The van der Waals surface area contributed by atoms with Crippen molar-refractivity contribution in [2.45, 2.75) is 19.8 Å². The summed E-state index contributed by atoms with van der Waals surface area (Å²) in [6.07, 6.45) is 2.17. The van der Waals surface area contributed by atoms with Crippen molar-refractivity contribution in [3.05, 3.63) is 28.2 Å². The van der Waals surface area contributed by atoms with E-state index < -0.39 is 0 Å². The molecular formula is C14H18Cl2N2O. The number of amides is 1. The van der Waals surface area contributed by atoms with Gasteiger partial charge in [0.05, 0.1) is 17.3 Å². The van der Waals surface area contributed by atoms with Gasteiger partial charge in [-0.25, -0.2) is 0 Å². The fourth-order valence-electron chi connectivity index (χ4n) is 2.17. The van der Waals surface area contributed by atoms with E-state index in [2.05, 4.69) is 12.2 Å². The molecule has 0 saturated carbocycles. The maximum atomic E-state index is 12.1. The maximum absolute atomic E-state index is 12.1. The van der Waals surface area contributed by atoms with Crippen LogP contribution in [-0.2, 0) is 4.79 Å². The van der Waals surface area contributed by atoms with Crippen LogP contribution in [0.1, 0.15) is 19.8 Å². The van der Waals surface area contributed by atoms with Crippen LogP contribution in [0.3, 0.4) is 0 Å². The summed E-state index contributed by atoms with van der Waals surface area (Å²) in [4.78, 5) is 14.0. The SMILES string of the molecule is CC1CCN(C(=O)CNc2cc(Cl)ccc2Cl)CC1. The zero-order valence-electron chi connectivity index (χ0n) is 11.0. The van der Waals surface area contributed by atoms with Crippen LogP contribution in [0.25, 0.3) is 0 Å². The molecule has 1 saturated heterocycles. The average Bonchev–Trinajstić information content (AvgIpc) is 2.40. The fourth-order valence-corrected chi connectivity index (χ4v) is 2.53. The molecule has 1 aliphatic rings. The molecule has 1 fully saturated rings. The molecule has 1 aromatic rings. The summed E-state index contributed by atoms with van der Waals surface area (Å²) in [7, 11) is 0. The van der Waals surface area contributed by atoms with Gasteiger partial charge in [-0.15, -0.1) is 0 Å². The molecule has 1 amide bonds. The lowest BCUT2D eigenvalue weighted by Gasteiger charge is -2.30. The lowest BCUT2D eigenvalue weighted by atomic mass is 9.99. The molecule has 0 aliphatic carbocycles. The molecular weight excluding hydrogens is 283 g/mol. The Morgan fingerprint density at radius 2 is 2.05 bits per heavy atom. The first-order chi connectivity index (χ1) is 9.06. The van der Waals surface area contributed by atoms with E-state index in [0.717, 1.165) is 31.8 Å². The zero-order chi connectivity index (χ0) is 13.8. The standard InChI is InChI=1S/C14H18Cl2N2O/c1-10-4-6-18(7-5-10)14(19)9-17-13-8-11(15)2-3-12(13)16/h2-3,8,10,17H,4-7,9H2,1H3. The molecule has 0 radical (unpaired) electrons. The van der Waals surface area contributed by atoms with Crippen LogP contribution in [0.5, 0.6) is 0 Å². The summed E-state index contributed by atoms with van der Waals surface area (Å²) >= 11 is 11.9. The second-order valence-corrected chi connectivity index (χ2v) is 5.88. The normalized spacial score (nSPS) is 16.5. The minimum Gasteiger partial charge on any atom is -0.375 e. The number of carbonyl (C=O) groups is 1. The first-order valence-electron chi connectivity index (χ1n) is 6.53. The van der Waals surface area contributed by atoms with Crippen LogP contribution in [0.2, 0.25) is 10.0 Å². The van der Waals surface area contributed by atoms with Crippen LogP contribution in [0.15, 0.2) is 18.2 Å². The second kappa shape index (κ2) is 6.49. The Morgan fingerprint density at radius 1 is 1.37 bits per heavy atom. The third-order valence-corrected chi connectivity index (χ3v) is 4.06. The van der Waals surface area contributed by atoms with Crippen molar-refractivity contribution in [3.8, 4) is 0 Å². The number of halogens is 2. The van der Waals surface area contributed by atoms with Crippen molar-refractivity contribution in [3.63, 3.8) is 0 Å². The number of hydrogen-bond acceptors (Lipinski definition) is 2. The van der Waals surface area contributed by atoms with Gasteiger partial charge < -0.3 is 10.2 Å². The average molecular weight is 301 g/mol. The Labute approximate surface area is 123 Å². The summed E-state index contributed by atoms with van der Waals surface area (Å²) in [5.74, 6) is 0.835. The summed E-state index contributed by atoms with van der Waals surface area (Å²) < 4.78 is 0. The minimum atomic E-state index is 0.114. The molecule has 0 spiro atoms. The predicted molar refractivity (Wildman–Crippen MR) is 79.9 cm³/mol. The van der Waals surface area contributed by atoms with Gasteiger partial charge in [0.1, 0.15) is 0 Å². The molecule has 1 aliphatic heterocycles. The number of benzene rings is 1. The molecule has 5 heteroatoms. The highest BCUT2D eigenvalue weighted by molar-refractivity contribution is 6.35. The summed E-state index contributed by atoms with van der Waals surface area (Å²) in [6.45, 7) is 4.19. The predicted octanol–water partition coefficient (Wildman–Crippen LogP) is 3.66. The van der Waals surface area contributed by atoms with Crippen molar-refractivity contribution in [2.75, 3.05) is 25.0 Å². The Hall–Kier alpha value is -0.930. The van der Waals surface area contributed by atoms with E-state index in [1.165, 1.54) is 0 Å². The quantitative estimate of drug-likeness (QED) is 0.924. The molecule has 3 nitrogen and oxygen atoms in total. The number of anilines is 1. The number of rotatable bonds is 3. The lowest BCUT2D eigenvalue weighted by molar-refractivity contribution is -0.130. The van der Waals surface area contributed by atoms with Gasteiger partial charge in [0.15, 0.2) is 0 Å². The molecule has 1 heterocycles. The van der Waals surface area contributed by atoms with Gasteiger partial charge in [0.25, 0.3) is 0 Å². The van der Waals surface area contributed by atoms with E-state index in [0.29, 0.717) is 15.7 Å². The van der Waals surface area contributed by atoms with Gasteiger partial charge >= 0.3 is 0 Å². The maximum Gasteiger partial charge on any atom is 0.241 e. The van der Waals surface area contributed by atoms with Crippen LogP contribution >= 0.6 is 23.2 Å². The molecule has 104 valence electrons. The number of carbonyl (C=O) groups excluding carboxylic acids is 1. The molecule has 0 bridgehead atoms. The third kappa shape index (κ3) is 4.02. The van der Waals surface area contributed by atoms with Gasteiger partial charge in [0, 0.05) is 18.1 Å². The summed E-state index contributed by atoms with van der Waals surface area (Å²) in [5, 5.41) is 4.23. The van der Waals surface area contributed by atoms with E-state index >= 15 is 0 Å². The lowest BCUT2D eigenvalue weighted by Crippen LogP contribution is -2.40. The van der Waals surface area contributed by atoms with Crippen LogP contribution in [-0.4, -0.2) is 30.4 Å². The molecule has 0 aromatic heterocycles. The minimum absolute atomic E-state index is 0.114. The number of likely N-dealkylation sites (tertiary alicyclic amines) is 1. The smallest absolute Gasteiger partial charge is 0.241 e. The van der Waals surface area contributed by atoms with Gasteiger partial charge in [-0.05, 0) is 37.0 Å². The highest BCUT2D eigenvalue weighted by Gasteiger charge is 2.19. The first-order valence-corrected chi connectivity index (χ1v) is 7.28. The van der Waals surface area contributed by atoms with E-state index in [1.54, 1.807) is 18.2 Å². The largest absolute Gasteiger partial charge is 0.375 e. The van der Waals surface area contributed by atoms with Gasteiger partial charge in [0.2, 0.25) is 5.91 Å². The highest BCUT2D eigenvalue weighted by atomic mass is 35.5. The second-order valence-electron chi connectivity index (χ2n) is 5.04. The number of nitrogens with zero attached hydrogens (tertiary/aromatic N) is 1. The van der Waals surface area contributed by atoms with E-state index in [4.69, 9.17) is 23.2 Å². The van der Waals surface area contributed by atoms with E-state index in [9.17, 15) is 4.79 Å². The van der Waals surface area contributed by atoms with Crippen molar-refractivity contribution < 1.29 is 4.79 Å². The van der Waals surface area contributed by atoms with Crippen molar-refractivity contribution in [1.82, 2.24) is 4.90 Å². The monoisotopic (exact) mass is 300 g/mol. The van der Waals surface area contributed by atoms with Gasteiger partial charge in [-0.1, -0.05) is 30.1 Å². The van der Waals surface area contributed by atoms with Crippen molar-refractivity contribution in [1.29, 1.82) is 0 Å². The van der Waals surface area contributed by atoms with Gasteiger partial charge in [-0.3, -0.25) is 4.79 Å². The van der Waals surface area contributed by atoms with E-state index in [1.807, 2.05) is 4.90 Å². The zero-order valence-corrected chi connectivity index (χ0v) is 12.5. The summed E-state index contributed by atoms with van der Waals surface area (Å²) in [5.41, 5.74) is 0.702. The number of nitrogens with one attached hydrogen (secondary N) is 1. The first kappa shape index (κ1) is 14.5. The van der Waals surface area contributed by atoms with Gasteiger partial charge in [-0.2, -0.15) is 0 Å². The number of hydrogen-bond donors (Lipinski definition) is 1. The summed E-state index contributed by atoms with van der Waals surface area (Å²) in [6, 6.07) is 5.18. The topological polar surface area (TPSA) is 32.3 Å². The van der Waals surface area contributed by atoms with Crippen molar-refractivity contribution >= 4 is 34.8 Å². The van der Waals surface area contributed by atoms with Crippen LogP contribution in [0, 0.1) is 5.92 Å². The van der Waals surface area contributed by atoms with E-state index in [-0.39, 0.29) is 12.5 Å². The number of piperidine rings is 1. The van der Waals surface area contributed by atoms with Crippen molar-refractivity contribution in [2.24, 2.45) is 5.92 Å². The molecule has 0 atom stereocenters. The molecule has 1 aromatic carbocycles. The Bertz CT molecular complexity index is 457. The third-order valence-electron chi connectivity index (χ3n) is 3.49.